The molecule has 1 fully saturated rings. The van der Waals surface area contributed by atoms with Gasteiger partial charge < -0.3 is 4.74 Å². The van der Waals surface area contributed by atoms with E-state index in [1.807, 2.05) is 0 Å². The number of methoxy groups -OCH3 is 1. The zero-order valence-corrected chi connectivity index (χ0v) is 13.8. The number of hydrogen-bond acceptors (Lipinski definition) is 1. The number of aryl methyl sites for hydroxylation is 1. The molecule has 0 saturated heterocycles. The highest BCUT2D eigenvalue weighted by Crippen LogP contribution is 2.74. The van der Waals surface area contributed by atoms with Crippen molar-refractivity contribution in [2.75, 3.05) is 7.11 Å². The fraction of sp³-hybridized carbons (Fsp3) is 0.625. The van der Waals surface area contributed by atoms with Gasteiger partial charge in [-0.25, -0.2) is 0 Å². The molecule has 1 nitrogen and oxygen atoms in total. The van der Waals surface area contributed by atoms with Crippen LogP contribution in [0, 0.1) is 23.7 Å². The fourth-order valence-electron chi connectivity index (χ4n) is 3.23. The Hall–Kier alpha value is -0.500. The highest BCUT2D eigenvalue weighted by Gasteiger charge is 2.67. The van der Waals surface area contributed by atoms with Gasteiger partial charge in [0.1, 0.15) is 5.75 Å². The van der Waals surface area contributed by atoms with E-state index in [1.54, 1.807) is 7.11 Å². The summed E-state index contributed by atoms with van der Waals surface area (Å²) in [5.74, 6) is 1.63. The van der Waals surface area contributed by atoms with Crippen molar-refractivity contribution in [1.82, 2.24) is 0 Å². The quantitative estimate of drug-likeness (QED) is 0.704. The first-order chi connectivity index (χ1) is 8.23. The first kappa shape index (κ1) is 13.9. The van der Waals surface area contributed by atoms with Gasteiger partial charge in [0, 0.05) is 10.4 Å². The number of hydrogen-bond donors (Lipinski definition) is 0. The number of halogens is 1. The predicted molar refractivity (Wildman–Crippen MR) is 80.5 cm³/mol. The van der Waals surface area contributed by atoms with Gasteiger partial charge in [-0.05, 0) is 29.7 Å². The van der Waals surface area contributed by atoms with Gasteiger partial charge in [0.2, 0.25) is 0 Å². The molecule has 1 saturated carbocycles. The van der Waals surface area contributed by atoms with Crippen LogP contribution in [0.4, 0.5) is 0 Å². The maximum absolute atomic E-state index is 5.51. The minimum absolute atomic E-state index is 0.359. The predicted octanol–water partition coefficient (Wildman–Crippen LogP) is 5.12. The molecule has 1 aliphatic rings. The summed E-state index contributed by atoms with van der Waals surface area (Å²) in [6.07, 6.45) is 0. The molecule has 0 bridgehead atoms. The third kappa shape index (κ3) is 1.89. The van der Waals surface area contributed by atoms with Gasteiger partial charge in [-0.1, -0.05) is 61.3 Å². The van der Waals surface area contributed by atoms with Crippen molar-refractivity contribution in [1.29, 1.82) is 0 Å². The molecule has 0 aliphatic heterocycles. The molecule has 1 unspecified atom stereocenters. The van der Waals surface area contributed by atoms with Gasteiger partial charge in [0.05, 0.1) is 7.11 Å². The van der Waals surface area contributed by atoms with Crippen LogP contribution < -0.4 is 4.74 Å². The van der Waals surface area contributed by atoms with Crippen LogP contribution >= 0.6 is 15.9 Å². The van der Waals surface area contributed by atoms with Crippen molar-refractivity contribution in [2.24, 2.45) is 16.7 Å². The second-order valence-electron chi connectivity index (χ2n) is 6.57. The van der Waals surface area contributed by atoms with Gasteiger partial charge in [-0.2, -0.15) is 0 Å². The molecule has 0 heterocycles. The average Bonchev–Trinajstić information content (AvgIpc) is 2.68. The van der Waals surface area contributed by atoms with Gasteiger partial charge in [0.25, 0.3) is 0 Å². The monoisotopic (exact) mass is 310 g/mol. The molecule has 0 radical (unpaired) electrons. The summed E-state index contributed by atoms with van der Waals surface area (Å²) in [6.45, 7) is 11.6. The van der Waals surface area contributed by atoms with Crippen LogP contribution in [0.25, 0.3) is 0 Å². The van der Waals surface area contributed by atoms with Crippen LogP contribution in [0.3, 0.4) is 0 Å². The van der Waals surface area contributed by atoms with Gasteiger partial charge in [-0.3, -0.25) is 0 Å². The second-order valence-corrected chi connectivity index (χ2v) is 7.55. The van der Waals surface area contributed by atoms with Crippen molar-refractivity contribution >= 4 is 15.9 Å². The molecular weight excluding hydrogens is 288 g/mol. The Morgan fingerprint density at radius 3 is 2.17 bits per heavy atom. The summed E-state index contributed by atoms with van der Waals surface area (Å²) >= 11 is 3.91. The van der Waals surface area contributed by atoms with Gasteiger partial charge >= 0.3 is 0 Å². The molecule has 0 amide bonds. The van der Waals surface area contributed by atoms with E-state index in [0.717, 1.165) is 5.75 Å². The standard InChI is InChI=1S/C16H23BrO/c1-10-7-8-12(18-6)11(9-10)13(17)14-15(2,3)16(14,4)5/h7-9,13-14H,1-6H3. The highest BCUT2D eigenvalue weighted by molar-refractivity contribution is 9.09. The summed E-state index contributed by atoms with van der Waals surface area (Å²) in [5, 5.41) is 0. The van der Waals surface area contributed by atoms with Crippen molar-refractivity contribution in [3.63, 3.8) is 0 Å². The third-order valence-corrected chi connectivity index (χ3v) is 6.13. The van der Waals surface area contributed by atoms with E-state index in [2.05, 4.69) is 68.7 Å². The highest BCUT2D eigenvalue weighted by atomic mass is 79.9. The Bertz CT molecular complexity index is 448. The summed E-state index contributed by atoms with van der Waals surface area (Å²) in [5.41, 5.74) is 3.30. The minimum atomic E-state index is 0.359. The van der Waals surface area contributed by atoms with E-state index in [4.69, 9.17) is 4.74 Å². The summed E-state index contributed by atoms with van der Waals surface area (Å²) in [7, 11) is 1.75. The molecule has 2 heteroatoms. The van der Waals surface area contributed by atoms with E-state index < -0.39 is 0 Å². The van der Waals surface area contributed by atoms with Crippen molar-refractivity contribution in [3.8, 4) is 5.75 Å². The molecule has 0 N–H and O–H groups in total. The van der Waals surface area contributed by atoms with Crippen LogP contribution in [0.15, 0.2) is 18.2 Å². The fourth-order valence-corrected chi connectivity index (χ4v) is 4.91. The number of benzene rings is 1. The largest absolute Gasteiger partial charge is 0.496 e. The summed E-state index contributed by atoms with van der Waals surface area (Å²) < 4.78 is 5.51. The number of ether oxygens (including phenoxy) is 1. The van der Waals surface area contributed by atoms with E-state index in [1.165, 1.54) is 11.1 Å². The van der Waals surface area contributed by atoms with E-state index in [9.17, 15) is 0 Å². The Morgan fingerprint density at radius 1 is 1.17 bits per heavy atom. The minimum Gasteiger partial charge on any atom is -0.496 e. The van der Waals surface area contributed by atoms with Gasteiger partial charge in [-0.15, -0.1) is 0 Å². The molecule has 0 aromatic heterocycles. The Kier molecular flexibility index (Phi) is 3.30. The lowest BCUT2D eigenvalue weighted by Gasteiger charge is -2.17. The van der Waals surface area contributed by atoms with Crippen LogP contribution in [-0.4, -0.2) is 7.11 Å². The molecule has 18 heavy (non-hydrogen) atoms. The molecule has 2 rings (SSSR count). The molecule has 100 valence electrons. The molecule has 1 aliphatic carbocycles. The van der Waals surface area contributed by atoms with E-state index in [0.29, 0.717) is 21.6 Å². The van der Waals surface area contributed by atoms with Crippen LogP contribution in [0.1, 0.15) is 43.6 Å². The van der Waals surface area contributed by atoms with Crippen molar-refractivity contribution < 1.29 is 4.74 Å². The summed E-state index contributed by atoms with van der Waals surface area (Å²) in [6, 6.07) is 6.41. The molecular formula is C16H23BrO. The average molecular weight is 311 g/mol. The first-order valence-electron chi connectivity index (χ1n) is 6.52. The molecule has 1 aromatic carbocycles. The number of rotatable bonds is 3. The lowest BCUT2D eigenvalue weighted by Crippen LogP contribution is -2.02. The summed E-state index contributed by atoms with van der Waals surface area (Å²) in [4.78, 5) is 0.359. The topological polar surface area (TPSA) is 9.23 Å². The Labute approximate surface area is 119 Å². The van der Waals surface area contributed by atoms with Gasteiger partial charge in [0.15, 0.2) is 0 Å². The Balaban J connectivity index is 2.36. The van der Waals surface area contributed by atoms with E-state index >= 15 is 0 Å². The smallest absolute Gasteiger partial charge is 0.123 e. The normalized spacial score (nSPS) is 22.6. The van der Waals surface area contributed by atoms with Crippen molar-refractivity contribution in [3.05, 3.63) is 29.3 Å². The maximum atomic E-state index is 5.51. The third-order valence-electron chi connectivity index (χ3n) is 5.11. The molecule has 1 aromatic rings. The zero-order chi connectivity index (χ0) is 13.7. The molecule has 0 spiro atoms. The lowest BCUT2D eigenvalue weighted by molar-refractivity contribution is 0.406. The van der Waals surface area contributed by atoms with Crippen molar-refractivity contribution in [2.45, 2.75) is 39.4 Å². The van der Waals surface area contributed by atoms with E-state index in [-0.39, 0.29) is 0 Å². The van der Waals surface area contributed by atoms with Crippen LogP contribution in [0.2, 0.25) is 0 Å². The SMILES string of the molecule is COc1ccc(C)cc1C(Br)C1C(C)(C)C1(C)C. The maximum Gasteiger partial charge on any atom is 0.123 e. The molecule has 1 atom stereocenters. The number of alkyl halides is 1. The van der Waals surface area contributed by atoms with Crippen LogP contribution in [0.5, 0.6) is 5.75 Å². The second kappa shape index (κ2) is 4.26. The lowest BCUT2D eigenvalue weighted by atomic mass is 10.0. The zero-order valence-electron chi connectivity index (χ0n) is 12.2. The first-order valence-corrected chi connectivity index (χ1v) is 7.43. The van der Waals surface area contributed by atoms with Crippen LogP contribution in [-0.2, 0) is 0 Å². The Morgan fingerprint density at radius 2 is 1.72 bits per heavy atom.